The van der Waals surface area contributed by atoms with Crippen LogP contribution < -0.4 is 14.7 Å². The smallest absolute Gasteiger partial charge is 0.308 e. The zero-order chi connectivity index (χ0) is 29.5. The summed E-state index contributed by atoms with van der Waals surface area (Å²) in [7, 11) is 0. The summed E-state index contributed by atoms with van der Waals surface area (Å²) in [5.41, 5.74) is 2.49. The lowest BCUT2D eigenvalue weighted by Crippen LogP contribution is -2.39. The molecule has 220 valence electrons. The second-order valence-electron chi connectivity index (χ2n) is 10.9. The molecule has 2 fully saturated rings. The molecule has 3 aliphatic rings. The van der Waals surface area contributed by atoms with Crippen molar-refractivity contribution in [2.24, 2.45) is 5.92 Å². The summed E-state index contributed by atoms with van der Waals surface area (Å²) in [6, 6.07) is 15.3. The third kappa shape index (κ3) is 5.13. The molecule has 3 atom stereocenters. The lowest BCUT2D eigenvalue weighted by atomic mass is 9.83. The summed E-state index contributed by atoms with van der Waals surface area (Å²) in [5, 5.41) is -0.0697. The number of nitrogens with zero attached hydrogens (tertiary/aromatic N) is 4. The Hall–Kier alpha value is -2.89. The van der Waals surface area contributed by atoms with Gasteiger partial charge >= 0.3 is 4.87 Å². The second-order valence-corrected chi connectivity index (χ2v) is 13.9. The Morgan fingerprint density at radius 1 is 0.929 bits per heavy atom. The van der Waals surface area contributed by atoms with E-state index in [4.69, 9.17) is 0 Å². The minimum absolute atomic E-state index is 0.0543. The number of imide groups is 1. The van der Waals surface area contributed by atoms with E-state index in [1.54, 1.807) is 12.1 Å². The summed E-state index contributed by atoms with van der Waals surface area (Å²) < 4.78 is 2.39. The maximum Gasteiger partial charge on any atom is 0.308 e. The quantitative estimate of drug-likeness (QED) is 0.317. The van der Waals surface area contributed by atoms with Crippen molar-refractivity contribution in [2.45, 2.75) is 55.8 Å². The molecular weight excluding hydrogens is 636 g/mol. The normalized spacial score (nSPS) is 21.8. The molecule has 0 aliphatic carbocycles. The van der Waals surface area contributed by atoms with Crippen LogP contribution in [0.2, 0.25) is 0 Å². The van der Waals surface area contributed by atoms with E-state index in [0.29, 0.717) is 23.8 Å². The number of fused-ring (bicyclic) bond motifs is 2. The molecule has 11 heteroatoms. The van der Waals surface area contributed by atoms with E-state index < -0.39 is 17.1 Å². The molecule has 2 unspecified atom stereocenters. The number of anilines is 2. The van der Waals surface area contributed by atoms with Crippen molar-refractivity contribution in [3.63, 3.8) is 0 Å². The maximum absolute atomic E-state index is 14.1. The Balaban J connectivity index is 1.43. The molecule has 0 bridgehead atoms. The van der Waals surface area contributed by atoms with Crippen LogP contribution in [-0.2, 0) is 20.9 Å². The fourth-order valence-electron chi connectivity index (χ4n) is 6.32. The molecule has 4 heterocycles. The lowest BCUT2D eigenvalue weighted by molar-refractivity contribution is -0.133. The fourth-order valence-corrected chi connectivity index (χ4v) is 9.36. The number of thioether (sulfide) groups is 1. The third-order valence-electron chi connectivity index (χ3n) is 8.52. The molecule has 2 saturated heterocycles. The van der Waals surface area contributed by atoms with Gasteiger partial charge in [0.1, 0.15) is 11.8 Å². The first-order valence-electron chi connectivity index (χ1n) is 14.5. The molecule has 3 aromatic rings. The summed E-state index contributed by atoms with van der Waals surface area (Å²) >= 11 is 5.79. The van der Waals surface area contributed by atoms with E-state index in [9.17, 15) is 19.2 Å². The Kier molecular flexibility index (Phi) is 8.35. The molecule has 0 N–H and O–H groups in total. The number of aromatic nitrogens is 1. The number of rotatable bonds is 7. The summed E-state index contributed by atoms with van der Waals surface area (Å²) in [4.78, 5) is 60.6. The van der Waals surface area contributed by atoms with Crippen LogP contribution in [0.4, 0.5) is 11.4 Å². The third-order valence-corrected chi connectivity index (χ3v) is 11.6. The Morgan fingerprint density at radius 2 is 1.60 bits per heavy atom. The van der Waals surface area contributed by atoms with E-state index in [0.717, 1.165) is 64.3 Å². The number of carbonyl (C=O) groups excluding carboxylic acids is 3. The Labute approximate surface area is 261 Å². The highest BCUT2D eigenvalue weighted by Crippen LogP contribution is 2.54. The summed E-state index contributed by atoms with van der Waals surface area (Å²) in [6.07, 6.45) is 3.04. The van der Waals surface area contributed by atoms with E-state index in [1.807, 2.05) is 41.3 Å². The highest BCUT2D eigenvalue weighted by Gasteiger charge is 2.56. The van der Waals surface area contributed by atoms with E-state index in [-0.39, 0.29) is 29.1 Å². The first-order chi connectivity index (χ1) is 20.3. The number of likely N-dealkylation sites (tertiary alicyclic amines) is 1. The molecule has 0 spiro atoms. The van der Waals surface area contributed by atoms with Gasteiger partial charge in [-0.3, -0.25) is 23.7 Å². The fraction of sp³-hybridized carbons (Fsp3) is 0.419. The number of halogens is 1. The van der Waals surface area contributed by atoms with E-state index in [2.05, 4.69) is 34.7 Å². The molecule has 42 heavy (non-hydrogen) atoms. The van der Waals surface area contributed by atoms with Gasteiger partial charge < -0.3 is 9.80 Å². The Morgan fingerprint density at radius 3 is 2.24 bits per heavy atom. The van der Waals surface area contributed by atoms with Crippen molar-refractivity contribution < 1.29 is 14.4 Å². The van der Waals surface area contributed by atoms with E-state index in [1.165, 1.54) is 21.2 Å². The molecule has 3 aliphatic heterocycles. The molecule has 2 aromatic carbocycles. The highest BCUT2D eigenvalue weighted by molar-refractivity contribution is 9.10. The zero-order valence-electron chi connectivity index (χ0n) is 23.6. The molecule has 8 nitrogen and oxygen atoms in total. The molecular formula is C31H33BrN4O4S2. The SMILES string of the molecule is CCN(CC)c1ccc([C@H]2c3sc(=O)n(CC(=O)N4CCCCC4)c3SC3C(=O)N(c4ccc(Br)cc4)C(=O)C32)cc1. The average molecular weight is 670 g/mol. The monoisotopic (exact) mass is 668 g/mol. The van der Waals surface area contributed by atoms with Gasteiger partial charge in [-0.1, -0.05) is 51.2 Å². The van der Waals surface area contributed by atoms with Gasteiger partial charge in [0.15, 0.2) is 0 Å². The van der Waals surface area contributed by atoms with Gasteiger partial charge in [0, 0.05) is 47.1 Å². The molecule has 3 amide bonds. The van der Waals surface area contributed by atoms with Crippen molar-refractivity contribution in [2.75, 3.05) is 36.0 Å². The number of thiazole rings is 1. The summed E-state index contributed by atoms with van der Waals surface area (Å²) in [5.74, 6) is -1.77. The molecule has 0 saturated carbocycles. The topological polar surface area (TPSA) is 82.9 Å². The van der Waals surface area contributed by atoms with Crippen molar-refractivity contribution >= 4 is 68.1 Å². The minimum Gasteiger partial charge on any atom is -0.372 e. The number of benzene rings is 2. The van der Waals surface area contributed by atoms with Gasteiger partial charge in [0.05, 0.1) is 16.6 Å². The zero-order valence-corrected chi connectivity index (χ0v) is 26.8. The Bertz CT molecular complexity index is 1560. The first-order valence-corrected chi connectivity index (χ1v) is 17.0. The number of hydrogen-bond donors (Lipinski definition) is 0. The van der Waals surface area contributed by atoms with Gasteiger partial charge in [-0.25, -0.2) is 4.90 Å². The number of piperidine rings is 1. The largest absolute Gasteiger partial charge is 0.372 e. The van der Waals surface area contributed by atoms with Crippen molar-refractivity contribution in [1.82, 2.24) is 9.47 Å². The van der Waals surface area contributed by atoms with Crippen LogP contribution in [0.3, 0.4) is 0 Å². The van der Waals surface area contributed by atoms with Gasteiger partial charge in [-0.15, -0.1) is 0 Å². The average Bonchev–Trinajstić information content (AvgIpc) is 3.45. The van der Waals surface area contributed by atoms with Gasteiger partial charge in [0.2, 0.25) is 17.7 Å². The lowest BCUT2D eigenvalue weighted by Gasteiger charge is -2.31. The predicted octanol–water partition coefficient (Wildman–Crippen LogP) is 5.33. The van der Waals surface area contributed by atoms with Gasteiger partial charge in [-0.05, 0) is 75.1 Å². The number of carbonyl (C=O) groups is 3. The molecule has 1 aromatic heterocycles. The van der Waals surface area contributed by atoms with Crippen LogP contribution in [-0.4, -0.2) is 58.6 Å². The van der Waals surface area contributed by atoms with Crippen molar-refractivity contribution in [3.05, 3.63) is 73.1 Å². The number of hydrogen-bond acceptors (Lipinski definition) is 7. The number of amides is 3. The van der Waals surface area contributed by atoms with Crippen LogP contribution in [0.15, 0.2) is 62.8 Å². The minimum atomic E-state index is -0.702. The molecule has 0 radical (unpaired) electrons. The van der Waals surface area contributed by atoms with Crippen LogP contribution >= 0.6 is 39.0 Å². The van der Waals surface area contributed by atoms with E-state index >= 15 is 0 Å². The predicted molar refractivity (Wildman–Crippen MR) is 171 cm³/mol. The van der Waals surface area contributed by atoms with Gasteiger partial charge in [-0.2, -0.15) is 0 Å². The maximum atomic E-state index is 14.1. The van der Waals surface area contributed by atoms with Crippen LogP contribution in [0.5, 0.6) is 0 Å². The second kappa shape index (κ2) is 12.0. The van der Waals surface area contributed by atoms with Crippen molar-refractivity contribution in [1.29, 1.82) is 0 Å². The summed E-state index contributed by atoms with van der Waals surface area (Å²) in [6.45, 7) is 7.31. The van der Waals surface area contributed by atoms with Gasteiger partial charge in [0.25, 0.3) is 0 Å². The highest BCUT2D eigenvalue weighted by atomic mass is 79.9. The van der Waals surface area contributed by atoms with Crippen molar-refractivity contribution in [3.8, 4) is 0 Å². The molecule has 6 rings (SSSR count). The van der Waals surface area contributed by atoms with Crippen LogP contribution in [0.1, 0.15) is 49.5 Å². The van der Waals surface area contributed by atoms with Crippen LogP contribution in [0, 0.1) is 5.92 Å². The standard InChI is InChI=1S/C31H33BrN4O4S2/c1-3-33(4-2)21-12-8-19(9-13-21)24-25-26(29(39)36(28(25)38)22-14-10-20(32)11-15-22)41-30-27(24)42-31(40)35(30)18-23(37)34-16-6-5-7-17-34/h8-15,24-26H,3-7,16-18H2,1-2H3/t24-,25?,26?/m1/s1. The van der Waals surface area contributed by atoms with Crippen LogP contribution in [0.25, 0.3) is 0 Å². The first kappa shape index (κ1) is 29.2.